The van der Waals surface area contributed by atoms with Gasteiger partial charge in [-0.1, -0.05) is 23.7 Å². The summed E-state index contributed by atoms with van der Waals surface area (Å²) < 4.78 is 15.7. The Kier molecular flexibility index (Phi) is 8.67. The van der Waals surface area contributed by atoms with Crippen LogP contribution in [0.15, 0.2) is 45.9 Å². The molecule has 0 aliphatic carbocycles. The maximum absolute atomic E-state index is 15.7. The molecule has 3 atom stereocenters. The highest BCUT2D eigenvalue weighted by Gasteiger charge is 2.38. The maximum atomic E-state index is 15.7. The van der Waals surface area contributed by atoms with E-state index in [1.54, 1.807) is 14.0 Å². The summed E-state index contributed by atoms with van der Waals surface area (Å²) in [5.41, 5.74) is 5.26. The van der Waals surface area contributed by atoms with Gasteiger partial charge in [0.1, 0.15) is 0 Å². The molecule has 1 aromatic carbocycles. The van der Waals surface area contributed by atoms with Crippen molar-refractivity contribution in [2.24, 2.45) is 21.6 Å². The Balaban J connectivity index is 1.72. The molecule has 0 saturated carbocycles. The summed E-state index contributed by atoms with van der Waals surface area (Å²) >= 11 is 6.03. The second-order valence-electron chi connectivity index (χ2n) is 9.17. The molecular weight excluding hydrogens is 459 g/mol. The molecule has 3 rings (SSSR count). The van der Waals surface area contributed by atoms with Gasteiger partial charge in [-0.2, -0.15) is 4.39 Å². The Bertz CT molecular complexity index is 949. The van der Waals surface area contributed by atoms with Gasteiger partial charge in [-0.3, -0.25) is 14.7 Å². The number of nitrogens with one attached hydrogen (secondary N) is 1. The van der Waals surface area contributed by atoms with Crippen LogP contribution in [0.4, 0.5) is 4.39 Å². The highest BCUT2D eigenvalue weighted by molar-refractivity contribution is 6.30. The molecule has 4 N–H and O–H groups in total. The molecule has 0 aromatic heterocycles. The average molecular weight is 493 g/mol. The SMILES string of the molecule is C=N/C(NC[C@@H]1CCN(CC(N)=O)C[C@]1(C)O)=C(F)\C(=N/C)N1CCCC1c1ccc(Cl)cc1. The molecule has 2 aliphatic heterocycles. The van der Waals surface area contributed by atoms with Crippen LogP contribution in [0.5, 0.6) is 0 Å². The first-order chi connectivity index (χ1) is 16.2. The molecule has 2 heterocycles. The van der Waals surface area contributed by atoms with E-state index in [1.165, 1.54) is 0 Å². The highest BCUT2D eigenvalue weighted by atomic mass is 35.5. The van der Waals surface area contributed by atoms with E-state index in [9.17, 15) is 9.90 Å². The predicted molar refractivity (Wildman–Crippen MR) is 134 cm³/mol. The van der Waals surface area contributed by atoms with Crippen LogP contribution in [0.1, 0.15) is 37.8 Å². The lowest BCUT2D eigenvalue weighted by Gasteiger charge is -2.42. The van der Waals surface area contributed by atoms with Gasteiger partial charge in [0.05, 0.1) is 18.2 Å². The summed E-state index contributed by atoms with van der Waals surface area (Å²) in [6, 6.07) is 7.57. The molecule has 10 heteroatoms. The van der Waals surface area contributed by atoms with Gasteiger partial charge in [0.15, 0.2) is 11.7 Å². The summed E-state index contributed by atoms with van der Waals surface area (Å²) in [6.45, 7) is 7.26. The van der Waals surface area contributed by atoms with Crippen molar-refractivity contribution in [3.05, 3.63) is 46.5 Å². The zero-order valence-electron chi connectivity index (χ0n) is 19.8. The van der Waals surface area contributed by atoms with E-state index in [4.69, 9.17) is 17.3 Å². The fourth-order valence-corrected chi connectivity index (χ4v) is 5.05. The number of likely N-dealkylation sites (tertiary alicyclic amines) is 2. The summed E-state index contributed by atoms with van der Waals surface area (Å²) in [4.78, 5) is 23.1. The van der Waals surface area contributed by atoms with Crippen molar-refractivity contribution in [1.29, 1.82) is 0 Å². The number of aliphatic imine (C=N–C) groups is 2. The summed E-state index contributed by atoms with van der Waals surface area (Å²) in [6.07, 6.45) is 2.42. The van der Waals surface area contributed by atoms with Gasteiger partial charge >= 0.3 is 0 Å². The van der Waals surface area contributed by atoms with E-state index in [-0.39, 0.29) is 30.2 Å². The number of amides is 1. The standard InChI is InChI=1S/C24H34ClFN6O2/c1-24(34)15-31(14-20(27)33)12-10-17(24)13-30-22(28-2)21(26)23(29-3)32-11-4-5-19(32)16-6-8-18(25)9-7-16/h6-9,17,19,30,34H,2,4-5,10-15H2,1,3H3,(H2,27,33)/b22-21-,29-23+/t17-,19?,24-/m0/s1. The zero-order chi connectivity index (χ0) is 24.9. The van der Waals surface area contributed by atoms with Crippen LogP contribution in [0, 0.1) is 5.92 Å². The van der Waals surface area contributed by atoms with Crippen LogP contribution in [0.3, 0.4) is 0 Å². The number of aliphatic hydroxyl groups is 1. The van der Waals surface area contributed by atoms with E-state index in [0.717, 1.165) is 18.4 Å². The minimum absolute atomic E-state index is 0.00211. The number of hydrogen-bond donors (Lipinski definition) is 3. The number of piperidine rings is 1. The first-order valence-electron chi connectivity index (χ1n) is 11.5. The number of nitrogens with zero attached hydrogens (tertiary/aromatic N) is 4. The Hall–Kier alpha value is -2.49. The van der Waals surface area contributed by atoms with Gasteiger partial charge in [0.25, 0.3) is 0 Å². The molecule has 1 aromatic rings. The molecule has 8 nitrogen and oxygen atoms in total. The fraction of sp³-hybridized carbons (Fsp3) is 0.542. The number of halogens is 2. The lowest BCUT2D eigenvalue weighted by atomic mass is 9.82. The molecule has 0 radical (unpaired) electrons. The molecule has 2 saturated heterocycles. The van der Waals surface area contributed by atoms with E-state index in [1.807, 2.05) is 34.1 Å². The number of amidine groups is 1. The first kappa shape index (κ1) is 26.1. The van der Waals surface area contributed by atoms with E-state index < -0.39 is 17.3 Å². The van der Waals surface area contributed by atoms with Crippen molar-refractivity contribution in [3.8, 4) is 0 Å². The van der Waals surface area contributed by atoms with Gasteiger partial charge in [-0.05, 0) is 57.1 Å². The van der Waals surface area contributed by atoms with Gasteiger partial charge < -0.3 is 21.1 Å². The summed E-state index contributed by atoms with van der Waals surface area (Å²) in [5, 5.41) is 14.6. The van der Waals surface area contributed by atoms with E-state index >= 15 is 4.39 Å². The smallest absolute Gasteiger partial charge is 0.231 e. The zero-order valence-corrected chi connectivity index (χ0v) is 20.6. The Morgan fingerprint density at radius 1 is 1.35 bits per heavy atom. The number of hydrogen-bond acceptors (Lipinski definition) is 6. The van der Waals surface area contributed by atoms with Crippen molar-refractivity contribution in [1.82, 2.24) is 15.1 Å². The number of carbonyl (C=O) groups is 1. The topological polar surface area (TPSA) is 107 Å². The number of benzene rings is 1. The largest absolute Gasteiger partial charge is 0.388 e. The van der Waals surface area contributed by atoms with E-state index in [0.29, 0.717) is 37.6 Å². The van der Waals surface area contributed by atoms with Crippen molar-refractivity contribution in [3.63, 3.8) is 0 Å². The molecule has 186 valence electrons. The van der Waals surface area contributed by atoms with Gasteiger partial charge in [-0.25, -0.2) is 4.99 Å². The van der Waals surface area contributed by atoms with Crippen LogP contribution in [-0.4, -0.2) is 78.7 Å². The number of nitrogens with two attached hydrogens (primary N) is 1. The number of β-amino-alcohol motifs (C(OH)–C–C–N with tert-alkyl or cyclic N) is 1. The molecule has 34 heavy (non-hydrogen) atoms. The fourth-order valence-electron chi connectivity index (χ4n) is 4.92. The van der Waals surface area contributed by atoms with E-state index in [2.05, 4.69) is 22.0 Å². The van der Waals surface area contributed by atoms with Crippen LogP contribution < -0.4 is 11.1 Å². The monoisotopic (exact) mass is 492 g/mol. The lowest BCUT2D eigenvalue weighted by molar-refractivity contribution is -0.122. The number of primary amides is 1. The Morgan fingerprint density at radius 2 is 2.06 bits per heavy atom. The Labute approximate surface area is 205 Å². The number of carbonyl (C=O) groups excluding carboxylic acids is 1. The molecule has 1 amide bonds. The quantitative estimate of drug-likeness (QED) is 0.382. The minimum Gasteiger partial charge on any atom is -0.388 e. The number of rotatable bonds is 8. The van der Waals surface area contributed by atoms with Crippen molar-refractivity contribution in [2.75, 3.05) is 39.8 Å². The minimum atomic E-state index is -1.07. The molecule has 0 spiro atoms. The molecule has 2 aliphatic rings. The average Bonchev–Trinajstić information content (AvgIpc) is 3.25. The third-order valence-corrected chi connectivity index (χ3v) is 6.92. The maximum Gasteiger partial charge on any atom is 0.231 e. The third kappa shape index (κ3) is 6.14. The van der Waals surface area contributed by atoms with Gasteiger partial charge in [-0.15, -0.1) is 0 Å². The first-order valence-corrected chi connectivity index (χ1v) is 11.9. The second kappa shape index (κ2) is 11.3. The Morgan fingerprint density at radius 3 is 2.65 bits per heavy atom. The van der Waals surface area contributed by atoms with Crippen LogP contribution in [0.2, 0.25) is 5.02 Å². The molecule has 2 fully saturated rings. The van der Waals surface area contributed by atoms with Crippen molar-refractivity contribution < 1.29 is 14.3 Å². The van der Waals surface area contributed by atoms with Crippen LogP contribution >= 0.6 is 11.6 Å². The predicted octanol–water partition coefficient (Wildman–Crippen LogP) is 2.49. The van der Waals surface area contributed by atoms with Crippen LogP contribution in [0.25, 0.3) is 0 Å². The lowest BCUT2D eigenvalue weighted by Crippen LogP contribution is -2.55. The summed E-state index contributed by atoms with van der Waals surface area (Å²) in [7, 11) is 1.56. The normalized spacial score (nSPS) is 26.9. The highest BCUT2D eigenvalue weighted by Crippen LogP contribution is 2.34. The van der Waals surface area contributed by atoms with Gasteiger partial charge in [0.2, 0.25) is 11.7 Å². The molecule has 0 bridgehead atoms. The third-order valence-electron chi connectivity index (χ3n) is 6.67. The summed E-state index contributed by atoms with van der Waals surface area (Å²) in [5.74, 6) is -0.963. The van der Waals surface area contributed by atoms with Gasteiger partial charge in [0, 0.05) is 37.6 Å². The van der Waals surface area contributed by atoms with Crippen molar-refractivity contribution >= 4 is 30.1 Å². The molecular formula is C24H34ClFN6O2. The van der Waals surface area contributed by atoms with Crippen molar-refractivity contribution in [2.45, 2.75) is 37.8 Å². The second-order valence-corrected chi connectivity index (χ2v) is 9.61. The molecule has 1 unspecified atom stereocenters. The van der Waals surface area contributed by atoms with Crippen LogP contribution in [-0.2, 0) is 4.79 Å².